The maximum atomic E-state index is 4.49. The minimum atomic E-state index is 0.774. The second-order valence-corrected chi connectivity index (χ2v) is 6.89. The lowest BCUT2D eigenvalue weighted by atomic mass is 10.0. The van der Waals surface area contributed by atoms with Gasteiger partial charge in [0, 0.05) is 45.6 Å². The van der Waals surface area contributed by atoms with Crippen LogP contribution in [0.3, 0.4) is 0 Å². The molecule has 1 N–H and O–H groups in total. The summed E-state index contributed by atoms with van der Waals surface area (Å²) in [7, 11) is 1.86. The third-order valence-electron chi connectivity index (χ3n) is 5.04. The number of aromatic nitrogens is 2. The predicted octanol–water partition coefficient (Wildman–Crippen LogP) is 3.07. The van der Waals surface area contributed by atoms with Crippen molar-refractivity contribution in [2.45, 2.75) is 26.1 Å². The summed E-state index contributed by atoms with van der Waals surface area (Å²) >= 11 is 0. The first-order valence-corrected chi connectivity index (χ1v) is 9.38. The highest BCUT2D eigenvalue weighted by atomic mass is 15.3. The van der Waals surface area contributed by atoms with Crippen LogP contribution in [0.1, 0.15) is 22.3 Å². The smallest absolute Gasteiger partial charge is 0.194 e. The molecule has 2 aromatic carbocycles. The summed E-state index contributed by atoms with van der Waals surface area (Å²) in [4.78, 5) is 10.9. The van der Waals surface area contributed by atoms with Gasteiger partial charge in [-0.1, -0.05) is 48.5 Å². The summed E-state index contributed by atoms with van der Waals surface area (Å²) in [5, 5.41) is 3.51. The molecule has 5 heteroatoms. The lowest BCUT2D eigenvalue weighted by Gasteiger charge is -2.31. The molecule has 0 amide bonds. The fourth-order valence-electron chi connectivity index (χ4n) is 3.54. The Morgan fingerprint density at radius 1 is 1.07 bits per heavy atom. The first-order chi connectivity index (χ1) is 13.3. The van der Waals surface area contributed by atoms with Crippen molar-refractivity contribution in [3.63, 3.8) is 0 Å². The lowest BCUT2D eigenvalue weighted by Crippen LogP contribution is -2.43. The average Bonchev–Trinajstić information content (AvgIpc) is 3.22. The van der Waals surface area contributed by atoms with E-state index in [2.05, 4.69) is 73.3 Å². The molecule has 5 nitrogen and oxygen atoms in total. The van der Waals surface area contributed by atoms with Crippen LogP contribution in [0.25, 0.3) is 0 Å². The van der Waals surface area contributed by atoms with Gasteiger partial charge in [-0.25, -0.2) is 4.98 Å². The predicted molar refractivity (Wildman–Crippen MR) is 109 cm³/mol. The van der Waals surface area contributed by atoms with Crippen LogP contribution in [0.2, 0.25) is 0 Å². The summed E-state index contributed by atoms with van der Waals surface area (Å²) in [5.74, 6) is 0.965. The van der Waals surface area contributed by atoms with Crippen LogP contribution in [0, 0.1) is 0 Å². The third kappa shape index (κ3) is 4.19. The van der Waals surface area contributed by atoms with Crippen LogP contribution in [-0.4, -0.2) is 34.0 Å². The number of rotatable bonds is 4. The Morgan fingerprint density at radius 2 is 1.85 bits per heavy atom. The van der Waals surface area contributed by atoms with Gasteiger partial charge in [0.05, 0.1) is 6.33 Å². The van der Waals surface area contributed by atoms with Gasteiger partial charge in [0.1, 0.15) is 0 Å². The van der Waals surface area contributed by atoms with Crippen molar-refractivity contribution in [1.82, 2.24) is 19.8 Å². The second-order valence-electron chi connectivity index (χ2n) is 6.89. The topological polar surface area (TPSA) is 45.5 Å². The molecule has 4 rings (SSSR count). The van der Waals surface area contributed by atoms with E-state index in [1.807, 2.05) is 25.8 Å². The Bertz CT molecular complexity index is 897. The number of aliphatic imine (C=N–C) groups is 1. The number of hydrogen-bond acceptors (Lipinski definition) is 2. The number of guanidine groups is 1. The number of nitrogens with one attached hydrogen (secondary N) is 1. The number of nitrogens with zero attached hydrogens (tertiary/aromatic N) is 4. The fraction of sp³-hybridized carbons (Fsp3) is 0.273. The summed E-state index contributed by atoms with van der Waals surface area (Å²) in [6.07, 6.45) is 6.70. The molecular formula is C22H25N5. The molecule has 0 saturated carbocycles. The summed E-state index contributed by atoms with van der Waals surface area (Å²) in [6, 6.07) is 17.4. The summed E-state index contributed by atoms with van der Waals surface area (Å²) in [6.45, 7) is 3.54. The van der Waals surface area contributed by atoms with E-state index >= 15 is 0 Å². The van der Waals surface area contributed by atoms with Crippen LogP contribution >= 0.6 is 0 Å². The van der Waals surface area contributed by atoms with Gasteiger partial charge in [0.15, 0.2) is 5.96 Å². The molecule has 3 aromatic rings. The molecule has 0 spiro atoms. The van der Waals surface area contributed by atoms with E-state index in [0.717, 1.165) is 38.6 Å². The lowest BCUT2D eigenvalue weighted by molar-refractivity contribution is 0.378. The van der Waals surface area contributed by atoms with E-state index in [1.165, 1.54) is 22.3 Å². The van der Waals surface area contributed by atoms with E-state index in [1.54, 1.807) is 0 Å². The molecule has 2 heterocycles. The maximum absolute atomic E-state index is 4.49. The standard InChI is InChI=1S/C22H25N5/c1-23-22(27-12-10-20-4-2-3-5-21(20)16-27)25-14-18-6-8-19(9-7-18)15-26-13-11-24-17-26/h2-9,11,13,17H,10,12,14-16H2,1H3,(H,23,25). The van der Waals surface area contributed by atoms with Crippen molar-refractivity contribution in [3.8, 4) is 0 Å². The average molecular weight is 359 g/mol. The summed E-state index contributed by atoms with van der Waals surface area (Å²) in [5.41, 5.74) is 5.38. The molecule has 0 fully saturated rings. The molecule has 138 valence electrons. The van der Waals surface area contributed by atoms with E-state index < -0.39 is 0 Å². The van der Waals surface area contributed by atoms with E-state index in [-0.39, 0.29) is 0 Å². The molecule has 1 aliphatic heterocycles. The maximum Gasteiger partial charge on any atom is 0.194 e. The number of hydrogen-bond donors (Lipinski definition) is 1. The highest BCUT2D eigenvalue weighted by Crippen LogP contribution is 2.18. The quantitative estimate of drug-likeness (QED) is 0.575. The monoisotopic (exact) mass is 359 g/mol. The molecule has 0 saturated heterocycles. The SMILES string of the molecule is CN=C(NCc1ccc(Cn2ccnc2)cc1)N1CCc2ccccc2C1. The Kier molecular flexibility index (Phi) is 5.19. The zero-order valence-electron chi connectivity index (χ0n) is 15.7. The van der Waals surface area contributed by atoms with Crippen LogP contribution in [0.4, 0.5) is 0 Å². The van der Waals surface area contributed by atoms with Crippen molar-refractivity contribution in [2.24, 2.45) is 4.99 Å². The van der Waals surface area contributed by atoms with Gasteiger partial charge < -0.3 is 14.8 Å². The molecular weight excluding hydrogens is 334 g/mol. The molecule has 0 radical (unpaired) electrons. The molecule has 0 bridgehead atoms. The van der Waals surface area contributed by atoms with Crippen molar-refractivity contribution >= 4 is 5.96 Å². The van der Waals surface area contributed by atoms with Crippen LogP contribution in [0.15, 0.2) is 72.2 Å². The summed E-state index contributed by atoms with van der Waals surface area (Å²) < 4.78 is 2.07. The van der Waals surface area contributed by atoms with E-state index in [0.29, 0.717) is 0 Å². The second kappa shape index (κ2) is 8.08. The minimum absolute atomic E-state index is 0.774. The zero-order chi connectivity index (χ0) is 18.5. The van der Waals surface area contributed by atoms with Gasteiger partial charge in [0.2, 0.25) is 0 Å². The molecule has 0 unspecified atom stereocenters. The molecule has 1 aliphatic rings. The van der Waals surface area contributed by atoms with Crippen LogP contribution < -0.4 is 5.32 Å². The van der Waals surface area contributed by atoms with Gasteiger partial charge >= 0.3 is 0 Å². The Hall–Kier alpha value is -3.08. The molecule has 1 aromatic heterocycles. The number of benzene rings is 2. The van der Waals surface area contributed by atoms with Crippen molar-refractivity contribution in [1.29, 1.82) is 0 Å². The molecule has 0 atom stereocenters. The normalized spacial score (nSPS) is 14.1. The Labute approximate surface area is 160 Å². The van der Waals surface area contributed by atoms with Gasteiger partial charge in [-0.05, 0) is 28.7 Å². The van der Waals surface area contributed by atoms with Crippen molar-refractivity contribution < 1.29 is 0 Å². The van der Waals surface area contributed by atoms with E-state index in [4.69, 9.17) is 0 Å². The Balaban J connectivity index is 1.34. The van der Waals surface area contributed by atoms with Gasteiger partial charge in [-0.2, -0.15) is 0 Å². The largest absolute Gasteiger partial charge is 0.352 e. The zero-order valence-corrected chi connectivity index (χ0v) is 15.7. The highest BCUT2D eigenvalue weighted by molar-refractivity contribution is 5.80. The first kappa shape index (κ1) is 17.3. The van der Waals surface area contributed by atoms with Crippen LogP contribution in [-0.2, 0) is 26.1 Å². The van der Waals surface area contributed by atoms with Gasteiger partial charge in [-0.3, -0.25) is 4.99 Å². The van der Waals surface area contributed by atoms with Gasteiger partial charge in [0.25, 0.3) is 0 Å². The third-order valence-corrected chi connectivity index (χ3v) is 5.04. The number of fused-ring (bicyclic) bond motifs is 1. The van der Waals surface area contributed by atoms with Crippen molar-refractivity contribution in [2.75, 3.05) is 13.6 Å². The minimum Gasteiger partial charge on any atom is -0.352 e. The fourth-order valence-corrected chi connectivity index (χ4v) is 3.54. The first-order valence-electron chi connectivity index (χ1n) is 9.38. The highest BCUT2D eigenvalue weighted by Gasteiger charge is 2.18. The van der Waals surface area contributed by atoms with Crippen molar-refractivity contribution in [3.05, 3.63) is 89.5 Å². The number of imidazole rings is 1. The molecule has 27 heavy (non-hydrogen) atoms. The van der Waals surface area contributed by atoms with Crippen LogP contribution in [0.5, 0.6) is 0 Å². The van der Waals surface area contributed by atoms with E-state index in [9.17, 15) is 0 Å². The van der Waals surface area contributed by atoms with Gasteiger partial charge in [-0.15, -0.1) is 0 Å². The Morgan fingerprint density at radius 3 is 2.59 bits per heavy atom. The molecule has 0 aliphatic carbocycles.